The Kier molecular flexibility index (Phi) is 4.26. The Morgan fingerprint density at radius 2 is 1.95 bits per heavy atom. The van der Waals surface area contributed by atoms with Gasteiger partial charge in [0.2, 0.25) is 0 Å². The average molecular weight is 277 g/mol. The molecule has 0 atom stereocenters. The van der Waals surface area contributed by atoms with Gasteiger partial charge in [-0.1, -0.05) is 11.6 Å². The topological polar surface area (TPSA) is 53.8 Å². The van der Waals surface area contributed by atoms with Crippen LogP contribution in [0.5, 0.6) is 11.5 Å². The summed E-state index contributed by atoms with van der Waals surface area (Å²) in [6.07, 6.45) is 1.62. The Balaban J connectivity index is 2.00. The predicted octanol–water partition coefficient (Wildman–Crippen LogP) is 3.50. The number of phenolic OH excluding ortho intramolecular Hbond substituents is 1. The van der Waals surface area contributed by atoms with Gasteiger partial charge in [0.25, 0.3) is 0 Å². The normalized spacial score (nSPS) is 10.6. The highest BCUT2D eigenvalue weighted by Gasteiger charge is 1.97. The highest BCUT2D eigenvalue weighted by molar-refractivity contribution is 6.32. The van der Waals surface area contributed by atoms with Gasteiger partial charge in [-0.25, -0.2) is 0 Å². The summed E-state index contributed by atoms with van der Waals surface area (Å²) >= 11 is 5.80. The predicted molar refractivity (Wildman–Crippen MR) is 77.3 cm³/mol. The van der Waals surface area contributed by atoms with Crippen molar-refractivity contribution in [2.75, 3.05) is 12.5 Å². The Bertz CT molecular complexity index is 582. The fraction of sp³-hybridized carbons (Fsp3) is 0.0714. The van der Waals surface area contributed by atoms with E-state index in [-0.39, 0.29) is 5.75 Å². The molecule has 0 aliphatic rings. The van der Waals surface area contributed by atoms with Gasteiger partial charge in [-0.15, -0.1) is 0 Å². The second-order valence-corrected chi connectivity index (χ2v) is 4.22. The lowest BCUT2D eigenvalue weighted by molar-refractivity contribution is 0.415. The van der Waals surface area contributed by atoms with Crippen LogP contribution in [0.3, 0.4) is 0 Å². The zero-order valence-corrected chi connectivity index (χ0v) is 11.1. The lowest BCUT2D eigenvalue weighted by Gasteiger charge is -2.02. The molecule has 19 heavy (non-hydrogen) atoms. The van der Waals surface area contributed by atoms with Gasteiger partial charge in [-0.3, -0.25) is 5.43 Å². The largest absolute Gasteiger partial charge is 0.506 e. The van der Waals surface area contributed by atoms with Crippen molar-refractivity contribution in [2.24, 2.45) is 5.10 Å². The van der Waals surface area contributed by atoms with Crippen LogP contribution < -0.4 is 10.2 Å². The molecule has 0 aliphatic heterocycles. The number of hydrazone groups is 1. The van der Waals surface area contributed by atoms with Crippen LogP contribution in [-0.4, -0.2) is 18.4 Å². The Labute approximate surface area is 116 Å². The molecule has 5 heteroatoms. The summed E-state index contributed by atoms with van der Waals surface area (Å²) in [5.41, 5.74) is 4.53. The van der Waals surface area contributed by atoms with Crippen LogP contribution >= 0.6 is 11.6 Å². The smallest absolute Gasteiger partial charge is 0.134 e. The molecule has 4 nitrogen and oxygen atoms in total. The monoisotopic (exact) mass is 276 g/mol. The Hall–Kier alpha value is -2.20. The summed E-state index contributed by atoms with van der Waals surface area (Å²) < 4.78 is 5.06. The van der Waals surface area contributed by atoms with E-state index in [2.05, 4.69) is 10.5 Å². The van der Waals surface area contributed by atoms with Crippen LogP contribution in [0.1, 0.15) is 5.56 Å². The average Bonchev–Trinajstić information content (AvgIpc) is 2.43. The van der Waals surface area contributed by atoms with E-state index >= 15 is 0 Å². The van der Waals surface area contributed by atoms with Gasteiger partial charge in [0.15, 0.2) is 0 Å². The summed E-state index contributed by atoms with van der Waals surface area (Å²) in [4.78, 5) is 0. The van der Waals surface area contributed by atoms with Gasteiger partial charge in [0.05, 0.1) is 24.0 Å². The highest BCUT2D eigenvalue weighted by Crippen LogP contribution is 2.22. The maximum atomic E-state index is 9.29. The van der Waals surface area contributed by atoms with E-state index in [1.165, 1.54) is 6.07 Å². The summed E-state index contributed by atoms with van der Waals surface area (Å²) in [7, 11) is 1.62. The van der Waals surface area contributed by atoms with E-state index in [0.717, 1.165) is 17.0 Å². The number of nitrogens with one attached hydrogen (secondary N) is 1. The van der Waals surface area contributed by atoms with Crippen molar-refractivity contribution in [2.45, 2.75) is 0 Å². The first-order valence-electron chi connectivity index (χ1n) is 5.60. The molecular weight excluding hydrogens is 264 g/mol. The molecule has 0 aromatic heterocycles. The molecule has 0 radical (unpaired) electrons. The number of rotatable bonds is 4. The number of nitrogens with zero attached hydrogens (tertiary/aromatic N) is 1. The highest BCUT2D eigenvalue weighted by atomic mass is 35.5. The van der Waals surface area contributed by atoms with Gasteiger partial charge in [0.1, 0.15) is 11.5 Å². The third kappa shape index (κ3) is 3.63. The van der Waals surface area contributed by atoms with E-state index in [1.807, 2.05) is 24.3 Å². The number of halogens is 1. The maximum Gasteiger partial charge on any atom is 0.134 e. The minimum atomic E-state index is 0.0573. The van der Waals surface area contributed by atoms with Crippen molar-refractivity contribution in [3.63, 3.8) is 0 Å². The number of benzene rings is 2. The molecule has 0 fully saturated rings. The fourth-order valence-corrected chi connectivity index (χ4v) is 1.64. The van der Waals surface area contributed by atoms with Crippen molar-refractivity contribution in [3.8, 4) is 11.5 Å². The van der Waals surface area contributed by atoms with Crippen LogP contribution in [0.25, 0.3) is 0 Å². The maximum absolute atomic E-state index is 9.29. The summed E-state index contributed by atoms with van der Waals surface area (Å²) in [5.74, 6) is 0.849. The molecule has 2 N–H and O–H groups in total. The van der Waals surface area contributed by atoms with Gasteiger partial charge >= 0.3 is 0 Å². The molecule has 0 bridgehead atoms. The molecule has 0 amide bonds. The van der Waals surface area contributed by atoms with Crippen molar-refractivity contribution in [3.05, 3.63) is 53.1 Å². The van der Waals surface area contributed by atoms with Crippen LogP contribution in [-0.2, 0) is 0 Å². The fourth-order valence-electron chi connectivity index (χ4n) is 1.45. The minimum absolute atomic E-state index is 0.0573. The first-order valence-corrected chi connectivity index (χ1v) is 5.98. The molecule has 0 aliphatic carbocycles. The second-order valence-electron chi connectivity index (χ2n) is 3.81. The zero-order chi connectivity index (χ0) is 13.7. The minimum Gasteiger partial charge on any atom is -0.506 e. The molecule has 98 valence electrons. The molecule has 0 unspecified atom stereocenters. The van der Waals surface area contributed by atoms with Gasteiger partial charge < -0.3 is 9.84 Å². The SMILES string of the molecule is COc1ccc(N/N=C/c2ccc(O)c(Cl)c2)cc1. The lowest BCUT2D eigenvalue weighted by Crippen LogP contribution is -1.91. The molecule has 2 aromatic rings. The second kappa shape index (κ2) is 6.11. The number of hydrogen-bond acceptors (Lipinski definition) is 4. The summed E-state index contributed by atoms with van der Waals surface area (Å²) in [6.45, 7) is 0. The number of hydrogen-bond donors (Lipinski definition) is 2. The van der Waals surface area contributed by atoms with Gasteiger partial charge in [0, 0.05) is 0 Å². The first-order chi connectivity index (χ1) is 9.19. The number of ether oxygens (including phenoxy) is 1. The van der Waals surface area contributed by atoms with Crippen molar-refractivity contribution < 1.29 is 9.84 Å². The molecular formula is C14H13ClN2O2. The Morgan fingerprint density at radius 3 is 2.58 bits per heavy atom. The number of methoxy groups -OCH3 is 1. The number of aromatic hydroxyl groups is 1. The van der Waals surface area contributed by atoms with Crippen molar-refractivity contribution in [1.29, 1.82) is 0 Å². The summed E-state index contributed by atoms with van der Waals surface area (Å²) in [5, 5.41) is 13.7. The Morgan fingerprint density at radius 1 is 1.21 bits per heavy atom. The lowest BCUT2D eigenvalue weighted by atomic mass is 10.2. The van der Waals surface area contributed by atoms with Gasteiger partial charge in [-0.05, 0) is 48.0 Å². The molecule has 0 spiro atoms. The number of phenols is 1. The number of anilines is 1. The molecule has 0 saturated heterocycles. The van der Waals surface area contributed by atoms with Crippen molar-refractivity contribution in [1.82, 2.24) is 0 Å². The van der Waals surface area contributed by atoms with Crippen LogP contribution in [0.15, 0.2) is 47.6 Å². The molecule has 0 saturated carbocycles. The van der Waals surface area contributed by atoms with Crippen LogP contribution in [0.4, 0.5) is 5.69 Å². The zero-order valence-electron chi connectivity index (χ0n) is 10.3. The van der Waals surface area contributed by atoms with E-state index in [1.54, 1.807) is 25.5 Å². The van der Waals surface area contributed by atoms with Crippen molar-refractivity contribution >= 4 is 23.5 Å². The third-order valence-corrected chi connectivity index (χ3v) is 2.77. The van der Waals surface area contributed by atoms with E-state index in [0.29, 0.717) is 5.02 Å². The van der Waals surface area contributed by atoms with Crippen LogP contribution in [0.2, 0.25) is 5.02 Å². The quantitative estimate of drug-likeness (QED) is 0.664. The van der Waals surface area contributed by atoms with E-state index in [9.17, 15) is 5.11 Å². The van der Waals surface area contributed by atoms with Gasteiger partial charge in [-0.2, -0.15) is 5.10 Å². The molecule has 2 rings (SSSR count). The summed E-state index contributed by atoms with van der Waals surface area (Å²) in [6, 6.07) is 12.3. The third-order valence-electron chi connectivity index (χ3n) is 2.47. The van der Waals surface area contributed by atoms with E-state index < -0.39 is 0 Å². The molecule has 0 heterocycles. The standard InChI is InChI=1S/C14H13ClN2O2/c1-19-12-5-3-11(4-6-12)17-16-9-10-2-7-14(18)13(15)8-10/h2-9,17-18H,1H3/b16-9+. The van der Waals surface area contributed by atoms with E-state index in [4.69, 9.17) is 16.3 Å². The first kappa shape index (κ1) is 13.2. The molecule has 2 aromatic carbocycles. The van der Waals surface area contributed by atoms with Crippen LogP contribution in [0, 0.1) is 0 Å².